The molecular formula is C19H30FN3O2. The first-order valence-electron chi connectivity index (χ1n) is 9.12. The molecule has 0 spiro atoms. The number of rotatable bonds is 8. The average molecular weight is 351 g/mol. The van der Waals surface area contributed by atoms with Crippen molar-refractivity contribution < 1.29 is 13.9 Å². The van der Waals surface area contributed by atoms with Crippen LogP contribution in [0.1, 0.15) is 32.3 Å². The van der Waals surface area contributed by atoms with Crippen molar-refractivity contribution in [1.82, 2.24) is 15.1 Å². The van der Waals surface area contributed by atoms with Crippen LogP contribution in [-0.4, -0.2) is 61.6 Å². The topological polar surface area (TPSA) is 44.8 Å². The minimum absolute atomic E-state index is 0.0470. The van der Waals surface area contributed by atoms with Gasteiger partial charge in [0.2, 0.25) is 5.91 Å². The lowest BCUT2D eigenvalue weighted by atomic mass is 10.1. The maximum Gasteiger partial charge on any atom is 0.234 e. The zero-order chi connectivity index (χ0) is 18.2. The van der Waals surface area contributed by atoms with Gasteiger partial charge in [0.1, 0.15) is 0 Å². The van der Waals surface area contributed by atoms with Crippen molar-refractivity contribution in [2.45, 2.75) is 39.3 Å². The molecule has 0 aromatic heterocycles. The molecule has 1 heterocycles. The van der Waals surface area contributed by atoms with Crippen LogP contribution in [0.25, 0.3) is 0 Å². The van der Waals surface area contributed by atoms with E-state index in [4.69, 9.17) is 4.74 Å². The van der Waals surface area contributed by atoms with E-state index in [2.05, 4.69) is 17.1 Å². The van der Waals surface area contributed by atoms with Crippen molar-refractivity contribution in [2.24, 2.45) is 0 Å². The van der Waals surface area contributed by atoms with Gasteiger partial charge in [-0.05, 0) is 43.6 Å². The molecule has 140 valence electrons. The summed E-state index contributed by atoms with van der Waals surface area (Å²) in [5, 5.41) is 3.14. The molecule has 25 heavy (non-hydrogen) atoms. The summed E-state index contributed by atoms with van der Waals surface area (Å²) in [5.41, 5.74) is 0.837. The van der Waals surface area contributed by atoms with Crippen LogP contribution in [0.3, 0.4) is 0 Å². The number of amides is 1. The molecule has 1 amide bonds. The molecule has 0 bridgehead atoms. The normalized spacial score (nSPS) is 16.2. The van der Waals surface area contributed by atoms with E-state index in [-0.39, 0.29) is 23.5 Å². The Labute approximate surface area is 150 Å². The lowest BCUT2D eigenvalue weighted by molar-refractivity contribution is -0.123. The number of hydrogen-bond donors (Lipinski definition) is 1. The third-order valence-electron chi connectivity index (χ3n) is 4.84. The fraction of sp³-hybridized carbons (Fsp3) is 0.632. The van der Waals surface area contributed by atoms with Gasteiger partial charge < -0.3 is 15.0 Å². The molecule has 1 aromatic rings. The number of halogens is 1. The molecule has 1 N–H and O–H groups in total. The summed E-state index contributed by atoms with van der Waals surface area (Å²) in [7, 11) is 1.45. The second kappa shape index (κ2) is 9.73. The number of hydrogen-bond acceptors (Lipinski definition) is 4. The minimum atomic E-state index is -0.372. The van der Waals surface area contributed by atoms with E-state index >= 15 is 0 Å². The molecule has 2 rings (SSSR count). The van der Waals surface area contributed by atoms with Crippen LogP contribution in [0, 0.1) is 5.82 Å². The molecule has 0 radical (unpaired) electrons. The Bertz CT molecular complexity index is 560. The molecule has 1 saturated heterocycles. The number of nitrogens with one attached hydrogen (secondary N) is 1. The maximum absolute atomic E-state index is 13.8. The largest absolute Gasteiger partial charge is 0.494 e. The van der Waals surface area contributed by atoms with Crippen LogP contribution in [0.2, 0.25) is 0 Å². The number of methoxy groups -OCH3 is 1. The van der Waals surface area contributed by atoms with Crippen molar-refractivity contribution in [3.8, 4) is 5.75 Å². The van der Waals surface area contributed by atoms with Gasteiger partial charge in [0.05, 0.1) is 13.7 Å². The van der Waals surface area contributed by atoms with E-state index in [0.717, 1.165) is 44.6 Å². The van der Waals surface area contributed by atoms with Crippen molar-refractivity contribution in [2.75, 3.05) is 39.8 Å². The summed E-state index contributed by atoms with van der Waals surface area (Å²) in [4.78, 5) is 16.7. The van der Waals surface area contributed by atoms with Crippen molar-refractivity contribution >= 4 is 5.91 Å². The molecule has 0 atom stereocenters. The lowest BCUT2D eigenvalue weighted by Gasteiger charge is -2.32. The van der Waals surface area contributed by atoms with Crippen molar-refractivity contribution in [3.05, 3.63) is 29.6 Å². The Morgan fingerprint density at radius 3 is 2.64 bits per heavy atom. The Kier molecular flexibility index (Phi) is 7.65. The fourth-order valence-corrected chi connectivity index (χ4v) is 3.22. The Balaban J connectivity index is 1.82. The van der Waals surface area contributed by atoms with Gasteiger partial charge in [-0.3, -0.25) is 9.69 Å². The highest BCUT2D eigenvalue weighted by Crippen LogP contribution is 2.18. The number of piperidine rings is 1. The van der Waals surface area contributed by atoms with Gasteiger partial charge in [0.15, 0.2) is 11.6 Å². The number of carbonyl (C=O) groups excluding carboxylic acids is 1. The number of carbonyl (C=O) groups is 1. The highest BCUT2D eigenvalue weighted by Gasteiger charge is 2.20. The van der Waals surface area contributed by atoms with Crippen LogP contribution < -0.4 is 10.1 Å². The molecule has 0 saturated carbocycles. The number of benzene rings is 1. The number of ether oxygens (including phenoxy) is 1. The predicted molar refractivity (Wildman–Crippen MR) is 97.2 cm³/mol. The maximum atomic E-state index is 13.8. The molecule has 0 unspecified atom stereocenters. The van der Waals surface area contributed by atoms with Gasteiger partial charge >= 0.3 is 0 Å². The van der Waals surface area contributed by atoms with Gasteiger partial charge in [-0.2, -0.15) is 0 Å². The van der Waals surface area contributed by atoms with Crippen LogP contribution >= 0.6 is 0 Å². The van der Waals surface area contributed by atoms with Crippen LogP contribution in [0.15, 0.2) is 18.2 Å². The molecule has 0 aliphatic carbocycles. The van der Waals surface area contributed by atoms with Crippen LogP contribution in [0.4, 0.5) is 4.39 Å². The second-order valence-corrected chi connectivity index (χ2v) is 6.55. The Hall–Kier alpha value is -1.66. The third-order valence-corrected chi connectivity index (χ3v) is 4.84. The molecule has 5 nitrogen and oxygen atoms in total. The van der Waals surface area contributed by atoms with E-state index < -0.39 is 0 Å². The first-order valence-corrected chi connectivity index (χ1v) is 9.12. The standard InChI is InChI=1S/C19H30FN3O2/c1-4-22-10-8-16(9-11-22)21-19(24)14-23(5-2)13-15-6-7-18(25-3)17(20)12-15/h6-7,12,16H,4-5,8-11,13-14H2,1-3H3,(H,21,24). The first kappa shape index (κ1) is 19.7. The zero-order valence-electron chi connectivity index (χ0n) is 15.6. The quantitative estimate of drug-likeness (QED) is 0.780. The van der Waals surface area contributed by atoms with E-state index in [9.17, 15) is 9.18 Å². The van der Waals surface area contributed by atoms with Gasteiger partial charge in [0.25, 0.3) is 0 Å². The van der Waals surface area contributed by atoms with Crippen LogP contribution in [-0.2, 0) is 11.3 Å². The number of nitrogens with zero attached hydrogens (tertiary/aromatic N) is 2. The van der Waals surface area contributed by atoms with E-state index in [1.807, 2.05) is 17.9 Å². The smallest absolute Gasteiger partial charge is 0.234 e. The Morgan fingerprint density at radius 2 is 2.08 bits per heavy atom. The summed E-state index contributed by atoms with van der Waals surface area (Å²) in [6.45, 7) is 8.94. The summed E-state index contributed by atoms with van der Waals surface area (Å²) in [6, 6.07) is 5.20. The van der Waals surface area contributed by atoms with Gasteiger partial charge in [-0.15, -0.1) is 0 Å². The molecule has 6 heteroatoms. The van der Waals surface area contributed by atoms with Gasteiger partial charge in [-0.25, -0.2) is 4.39 Å². The third kappa shape index (κ3) is 5.97. The predicted octanol–water partition coefficient (Wildman–Crippen LogP) is 2.26. The van der Waals surface area contributed by atoms with E-state index in [0.29, 0.717) is 13.1 Å². The summed E-state index contributed by atoms with van der Waals surface area (Å²) in [5.74, 6) is -0.0862. The monoisotopic (exact) mass is 351 g/mol. The highest BCUT2D eigenvalue weighted by atomic mass is 19.1. The van der Waals surface area contributed by atoms with Gasteiger partial charge in [0, 0.05) is 25.7 Å². The summed E-state index contributed by atoms with van der Waals surface area (Å²) < 4.78 is 18.8. The SMILES string of the molecule is CCN1CCC(NC(=O)CN(CC)Cc2ccc(OC)c(F)c2)CC1. The molecule has 1 fully saturated rings. The molecule has 1 aromatic carbocycles. The van der Waals surface area contributed by atoms with E-state index in [1.54, 1.807) is 6.07 Å². The first-order chi connectivity index (χ1) is 12.0. The molecule has 1 aliphatic rings. The second-order valence-electron chi connectivity index (χ2n) is 6.55. The summed E-state index contributed by atoms with van der Waals surface area (Å²) >= 11 is 0. The summed E-state index contributed by atoms with van der Waals surface area (Å²) in [6.07, 6.45) is 2.02. The highest BCUT2D eigenvalue weighted by molar-refractivity contribution is 5.78. The zero-order valence-corrected chi connectivity index (χ0v) is 15.6. The fourth-order valence-electron chi connectivity index (χ4n) is 3.22. The van der Waals surface area contributed by atoms with Crippen LogP contribution in [0.5, 0.6) is 5.75 Å². The Morgan fingerprint density at radius 1 is 1.36 bits per heavy atom. The van der Waals surface area contributed by atoms with Gasteiger partial charge in [-0.1, -0.05) is 19.9 Å². The van der Waals surface area contributed by atoms with Crippen molar-refractivity contribution in [3.63, 3.8) is 0 Å². The average Bonchev–Trinajstić information content (AvgIpc) is 2.62. The molecule has 1 aliphatic heterocycles. The number of likely N-dealkylation sites (tertiary alicyclic amines) is 1. The number of likely N-dealkylation sites (N-methyl/N-ethyl adjacent to an activating group) is 1. The van der Waals surface area contributed by atoms with Crippen molar-refractivity contribution in [1.29, 1.82) is 0 Å². The lowest BCUT2D eigenvalue weighted by Crippen LogP contribution is -2.47. The van der Waals surface area contributed by atoms with E-state index in [1.165, 1.54) is 13.2 Å². The minimum Gasteiger partial charge on any atom is -0.494 e. The molecular weight excluding hydrogens is 321 g/mol.